The van der Waals surface area contributed by atoms with Gasteiger partial charge in [-0.05, 0) is 24.1 Å². The summed E-state index contributed by atoms with van der Waals surface area (Å²) >= 11 is 0. The van der Waals surface area contributed by atoms with Crippen LogP contribution in [-0.4, -0.2) is 54.2 Å². The third kappa shape index (κ3) is 3.30. The van der Waals surface area contributed by atoms with E-state index >= 15 is 0 Å². The van der Waals surface area contributed by atoms with Crippen molar-refractivity contribution in [1.82, 2.24) is 9.80 Å². The molecule has 2 aliphatic heterocycles. The molecule has 1 unspecified atom stereocenters. The highest BCUT2D eigenvalue weighted by Gasteiger charge is 2.31. The predicted molar refractivity (Wildman–Crippen MR) is 98.9 cm³/mol. The molecule has 0 amide bonds. The topological polar surface area (TPSA) is 35.9 Å². The summed E-state index contributed by atoms with van der Waals surface area (Å²) in [6.07, 6.45) is 0. The number of hydrogen-bond acceptors (Lipinski definition) is 4. The number of nitrogens with zero attached hydrogens (tertiary/aromatic N) is 2. The Hall–Kier alpha value is -1.88. The predicted octanol–water partition coefficient (Wildman–Crippen LogP) is 2.59. The van der Waals surface area contributed by atoms with E-state index in [9.17, 15) is 5.11 Å². The summed E-state index contributed by atoms with van der Waals surface area (Å²) in [7, 11) is 0. The number of fused-ring (bicyclic) bond motifs is 2. The molecule has 2 aromatic rings. The van der Waals surface area contributed by atoms with Crippen LogP contribution in [0.3, 0.4) is 0 Å². The zero-order valence-electron chi connectivity index (χ0n) is 14.8. The molecule has 1 fully saturated rings. The van der Waals surface area contributed by atoms with Crippen molar-refractivity contribution in [1.29, 1.82) is 0 Å². The molecule has 0 aliphatic carbocycles. The average molecular weight is 338 g/mol. The highest BCUT2D eigenvalue weighted by Crippen LogP contribution is 2.40. The SMILES string of the molecule is Cc1ccc2c(c1)C(N1CCN(CCO)CC1)c1ccccc1CO2. The molecule has 25 heavy (non-hydrogen) atoms. The molecule has 0 radical (unpaired) electrons. The Morgan fingerprint density at radius 2 is 1.84 bits per heavy atom. The minimum Gasteiger partial charge on any atom is -0.489 e. The van der Waals surface area contributed by atoms with E-state index in [0.29, 0.717) is 6.61 Å². The van der Waals surface area contributed by atoms with Crippen molar-refractivity contribution in [3.63, 3.8) is 0 Å². The summed E-state index contributed by atoms with van der Waals surface area (Å²) in [4.78, 5) is 4.91. The fourth-order valence-corrected chi connectivity index (χ4v) is 4.05. The Kier molecular flexibility index (Phi) is 4.75. The van der Waals surface area contributed by atoms with Crippen LogP contribution in [0.15, 0.2) is 42.5 Å². The van der Waals surface area contributed by atoms with E-state index in [-0.39, 0.29) is 12.6 Å². The van der Waals surface area contributed by atoms with Gasteiger partial charge in [-0.2, -0.15) is 0 Å². The summed E-state index contributed by atoms with van der Waals surface area (Å²) in [6, 6.07) is 15.4. The van der Waals surface area contributed by atoms with Gasteiger partial charge < -0.3 is 9.84 Å². The quantitative estimate of drug-likeness (QED) is 0.933. The first-order valence-corrected chi connectivity index (χ1v) is 9.14. The number of hydrogen-bond donors (Lipinski definition) is 1. The summed E-state index contributed by atoms with van der Waals surface area (Å²) in [5.74, 6) is 1.00. The van der Waals surface area contributed by atoms with Crippen molar-refractivity contribution < 1.29 is 9.84 Å². The Morgan fingerprint density at radius 1 is 1.04 bits per heavy atom. The Labute approximate surface area is 149 Å². The second-order valence-corrected chi connectivity index (χ2v) is 7.03. The van der Waals surface area contributed by atoms with Crippen LogP contribution in [-0.2, 0) is 6.61 Å². The molecule has 1 saturated heterocycles. The van der Waals surface area contributed by atoms with Gasteiger partial charge in [0, 0.05) is 38.3 Å². The molecule has 2 aliphatic rings. The number of ether oxygens (including phenoxy) is 1. The normalized spacial score (nSPS) is 21.1. The third-order valence-corrected chi connectivity index (χ3v) is 5.38. The minimum absolute atomic E-state index is 0.238. The second kappa shape index (κ2) is 7.16. The molecular formula is C21H26N2O2. The molecule has 132 valence electrons. The van der Waals surface area contributed by atoms with Crippen LogP contribution in [0.2, 0.25) is 0 Å². The molecule has 4 heteroatoms. The first kappa shape index (κ1) is 16.6. The van der Waals surface area contributed by atoms with Crippen molar-refractivity contribution in [2.24, 2.45) is 0 Å². The van der Waals surface area contributed by atoms with Crippen LogP contribution >= 0.6 is 0 Å². The molecule has 2 heterocycles. The molecule has 4 rings (SSSR count). The largest absolute Gasteiger partial charge is 0.489 e. The van der Waals surface area contributed by atoms with E-state index in [1.54, 1.807) is 0 Å². The second-order valence-electron chi connectivity index (χ2n) is 7.03. The van der Waals surface area contributed by atoms with E-state index in [1.165, 1.54) is 22.3 Å². The zero-order chi connectivity index (χ0) is 17.2. The van der Waals surface area contributed by atoms with E-state index < -0.39 is 0 Å². The summed E-state index contributed by atoms with van der Waals surface area (Å²) in [5, 5.41) is 9.19. The van der Waals surface area contributed by atoms with Gasteiger partial charge in [0.25, 0.3) is 0 Å². The number of aryl methyl sites for hydroxylation is 1. The fourth-order valence-electron chi connectivity index (χ4n) is 4.05. The van der Waals surface area contributed by atoms with Gasteiger partial charge in [-0.1, -0.05) is 42.0 Å². The van der Waals surface area contributed by atoms with Crippen molar-refractivity contribution in [2.75, 3.05) is 39.3 Å². The fraction of sp³-hybridized carbons (Fsp3) is 0.429. The Balaban J connectivity index is 1.72. The van der Waals surface area contributed by atoms with Crippen LogP contribution in [0, 0.1) is 6.92 Å². The van der Waals surface area contributed by atoms with Crippen LogP contribution in [0.4, 0.5) is 0 Å². The van der Waals surface area contributed by atoms with Gasteiger partial charge >= 0.3 is 0 Å². The maximum Gasteiger partial charge on any atom is 0.124 e. The minimum atomic E-state index is 0.238. The van der Waals surface area contributed by atoms with Gasteiger partial charge in [0.2, 0.25) is 0 Å². The van der Waals surface area contributed by atoms with Gasteiger partial charge in [0.1, 0.15) is 12.4 Å². The van der Waals surface area contributed by atoms with Crippen LogP contribution < -0.4 is 4.74 Å². The molecule has 2 aromatic carbocycles. The summed E-state index contributed by atoms with van der Waals surface area (Å²) in [5.41, 5.74) is 5.19. The number of aliphatic hydroxyl groups is 1. The lowest BCUT2D eigenvalue weighted by atomic mass is 9.92. The maximum atomic E-state index is 9.19. The Bertz CT molecular complexity index is 738. The lowest BCUT2D eigenvalue weighted by Gasteiger charge is -2.39. The standard InChI is InChI=1S/C21H26N2O2/c1-16-6-7-20-19(14-16)21(18-5-3-2-4-17(18)15-25-20)23-10-8-22(9-11-23)12-13-24/h2-7,14,21,24H,8-13,15H2,1H3. The number of aliphatic hydroxyl groups excluding tert-OH is 1. The van der Waals surface area contributed by atoms with Crippen LogP contribution in [0.5, 0.6) is 5.75 Å². The Morgan fingerprint density at radius 3 is 2.64 bits per heavy atom. The zero-order valence-corrected chi connectivity index (χ0v) is 14.8. The molecule has 0 spiro atoms. The van der Waals surface area contributed by atoms with Gasteiger partial charge in [0.15, 0.2) is 0 Å². The monoisotopic (exact) mass is 338 g/mol. The number of piperazine rings is 1. The number of benzene rings is 2. The molecule has 0 bridgehead atoms. The van der Waals surface area contributed by atoms with Crippen LogP contribution in [0.25, 0.3) is 0 Å². The third-order valence-electron chi connectivity index (χ3n) is 5.38. The van der Waals surface area contributed by atoms with Crippen molar-refractivity contribution in [3.8, 4) is 5.75 Å². The van der Waals surface area contributed by atoms with Gasteiger partial charge in [-0.3, -0.25) is 9.80 Å². The first-order valence-electron chi connectivity index (χ1n) is 9.14. The molecule has 1 atom stereocenters. The van der Waals surface area contributed by atoms with E-state index in [4.69, 9.17) is 4.74 Å². The molecule has 1 N–H and O–H groups in total. The smallest absolute Gasteiger partial charge is 0.124 e. The lowest BCUT2D eigenvalue weighted by Crippen LogP contribution is -2.48. The lowest BCUT2D eigenvalue weighted by molar-refractivity contribution is 0.0942. The van der Waals surface area contributed by atoms with E-state index in [0.717, 1.165) is 38.5 Å². The van der Waals surface area contributed by atoms with Crippen molar-refractivity contribution in [3.05, 3.63) is 64.7 Å². The summed E-state index contributed by atoms with van der Waals surface area (Å²) in [6.45, 7) is 7.80. The van der Waals surface area contributed by atoms with Gasteiger partial charge in [-0.25, -0.2) is 0 Å². The number of β-amino-alcohol motifs (C(OH)–C–C–N with tert-alkyl or cyclic N) is 1. The molecule has 0 aromatic heterocycles. The van der Waals surface area contributed by atoms with Gasteiger partial charge in [-0.15, -0.1) is 0 Å². The summed E-state index contributed by atoms with van der Waals surface area (Å²) < 4.78 is 6.14. The highest BCUT2D eigenvalue weighted by atomic mass is 16.5. The highest BCUT2D eigenvalue weighted by molar-refractivity contribution is 5.48. The van der Waals surface area contributed by atoms with E-state index in [2.05, 4.69) is 59.2 Å². The molecule has 4 nitrogen and oxygen atoms in total. The molecular weight excluding hydrogens is 312 g/mol. The number of rotatable bonds is 3. The van der Waals surface area contributed by atoms with Gasteiger partial charge in [0.05, 0.1) is 12.6 Å². The maximum absolute atomic E-state index is 9.19. The van der Waals surface area contributed by atoms with E-state index in [1.807, 2.05) is 0 Å². The van der Waals surface area contributed by atoms with Crippen molar-refractivity contribution >= 4 is 0 Å². The van der Waals surface area contributed by atoms with Crippen LogP contribution in [0.1, 0.15) is 28.3 Å². The van der Waals surface area contributed by atoms with Crippen molar-refractivity contribution in [2.45, 2.75) is 19.6 Å². The molecule has 0 saturated carbocycles. The average Bonchev–Trinajstić information content (AvgIpc) is 2.79. The first-order chi connectivity index (χ1) is 12.3.